The first-order chi connectivity index (χ1) is 13.2. The molecule has 4 heteroatoms. The third kappa shape index (κ3) is 4.55. The van der Waals surface area contributed by atoms with Gasteiger partial charge in [-0.2, -0.15) is 0 Å². The van der Waals surface area contributed by atoms with Crippen LogP contribution in [0.15, 0.2) is 85.1 Å². The molecule has 1 N–H and O–H groups in total. The molecular weight excluding hydrogens is 338 g/mol. The summed E-state index contributed by atoms with van der Waals surface area (Å²) >= 11 is 0. The number of methoxy groups -OCH3 is 2. The number of carbonyl (C=O) groups excluding carboxylic acids is 1. The highest BCUT2D eigenvalue weighted by Gasteiger charge is 2.05. The van der Waals surface area contributed by atoms with Crippen LogP contribution in [0.1, 0.15) is 10.4 Å². The molecule has 3 rings (SSSR count). The number of nitrogens with one attached hydrogen (secondary N) is 1. The fourth-order valence-electron chi connectivity index (χ4n) is 2.69. The maximum Gasteiger partial charge on any atom is 0.187 e. The van der Waals surface area contributed by atoms with Crippen LogP contribution in [0.4, 0.5) is 5.69 Å². The van der Waals surface area contributed by atoms with Crippen LogP contribution in [0.25, 0.3) is 11.1 Å². The van der Waals surface area contributed by atoms with Gasteiger partial charge in [-0.05, 0) is 23.3 Å². The summed E-state index contributed by atoms with van der Waals surface area (Å²) in [7, 11) is 3.19. The molecule has 0 aliphatic carbocycles. The molecule has 0 saturated carbocycles. The van der Waals surface area contributed by atoms with Crippen LogP contribution in [0, 0.1) is 0 Å². The zero-order valence-corrected chi connectivity index (χ0v) is 15.3. The van der Waals surface area contributed by atoms with Crippen LogP contribution in [0.2, 0.25) is 0 Å². The van der Waals surface area contributed by atoms with E-state index in [-0.39, 0.29) is 5.78 Å². The first-order valence-electron chi connectivity index (χ1n) is 8.56. The van der Waals surface area contributed by atoms with Gasteiger partial charge in [0.05, 0.1) is 19.9 Å². The number of benzene rings is 3. The zero-order valence-electron chi connectivity index (χ0n) is 15.3. The Labute approximate surface area is 159 Å². The predicted octanol–water partition coefficient (Wildman–Crippen LogP) is 5.18. The molecule has 3 aromatic rings. The summed E-state index contributed by atoms with van der Waals surface area (Å²) in [5, 5.41) is 3.07. The van der Waals surface area contributed by atoms with Crippen molar-refractivity contribution in [3.8, 4) is 22.6 Å². The number of rotatable bonds is 7. The third-order valence-electron chi connectivity index (χ3n) is 4.16. The SMILES string of the molecule is COc1ccc(OC)c(NC=CC(=O)c2ccc(-c3ccccc3)cc2)c1. The number of hydrogen-bond acceptors (Lipinski definition) is 4. The highest BCUT2D eigenvalue weighted by atomic mass is 16.5. The van der Waals surface area contributed by atoms with Crippen molar-refractivity contribution in [2.75, 3.05) is 19.5 Å². The first kappa shape index (κ1) is 18.3. The fraction of sp³-hybridized carbons (Fsp3) is 0.0870. The Morgan fingerprint density at radius 3 is 2.22 bits per heavy atom. The first-order valence-corrected chi connectivity index (χ1v) is 8.56. The molecule has 0 fully saturated rings. The molecule has 0 amide bonds. The van der Waals surface area contributed by atoms with E-state index in [1.54, 1.807) is 26.5 Å². The second-order valence-electron chi connectivity index (χ2n) is 5.85. The molecule has 0 saturated heterocycles. The number of carbonyl (C=O) groups is 1. The number of allylic oxidation sites excluding steroid dienone is 1. The van der Waals surface area contributed by atoms with Gasteiger partial charge in [0.2, 0.25) is 0 Å². The summed E-state index contributed by atoms with van der Waals surface area (Å²) in [6.07, 6.45) is 3.10. The Balaban J connectivity index is 1.68. The Bertz CT molecular complexity index is 932. The van der Waals surface area contributed by atoms with Gasteiger partial charge in [0.1, 0.15) is 11.5 Å². The molecule has 4 nitrogen and oxygen atoms in total. The number of hydrogen-bond donors (Lipinski definition) is 1. The average Bonchev–Trinajstić information content (AvgIpc) is 2.74. The molecule has 0 bridgehead atoms. The van der Waals surface area contributed by atoms with Crippen molar-refractivity contribution < 1.29 is 14.3 Å². The number of ether oxygens (including phenoxy) is 2. The van der Waals surface area contributed by atoms with Crippen molar-refractivity contribution in [1.82, 2.24) is 0 Å². The second-order valence-corrected chi connectivity index (χ2v) is 5.85. The standard InChI is InChI=1S/C23H21NO3/c1-26-20-12-13-23(27-2)21(16-20)24-15-14-22(25)19-10-8-18(9-11-19)17-6-4-3-5-7-17/h3-16,24H,1-2H3. The van der Waals surface area contributed by atoms with Crippen LogP contribution in [-0.4, -0.2) is 20.0 Å². The molecule has 0 aliphatic heterocycles. The Morgan fingerprint density at radius 2 is 1.56 bits per heavy atom. The van der Waals surface area contributed by atoms with E-state index in [0.717, 1.165) is 16.8 Å². The van der Waals surface area contributed by atoms with E-state index < -0.39 is 0 Å². The molecule has 0 atom stereocenters. The van der Waals surface area contributed by atoms with Gasteiger partial charge < -0.3 is 14.8 Å². The van der Waals surface area contributed by atoms with Crippen molar-refractivity contribution in [1.29, 1.82) is 0 Å². The maximum atomic E-state index is 12.4. The summed E-state index contributed by atoms with van der Waals surface area (Å²) in [4.78, 5) is 12.4. The lowest BCUT2D eigenvalue weighted by molar-refractivity contribution is 0.104. The van der Waals surface area contributed by atoms with E-state index in [4.69, 9.17) is 9.47 Å². The Kier molecular flexibility index (Phi) is 5.90. The maximum absolute atomic E-state index is 12.4. The lowest BCUT2D eigenvalue weighted by atomic mass is 10.0. The number of anilines is 1. The quantitative estimate of drug-likeness (QED) is 0.466. The van der Waals surface area contributed by atoms with Gasteiger partial charge in [-0.1, -0.05) is 54.6 Å². The molecule has 136 valence electrons. The van der Waals surface area contributed by atoms with E-state index in [0.29, 0.717) is 17.1 Å². The molecule has 27 heavy (non-hydrogen) atoms. The van der Waals surface area contributed by atoms with Crippen molar-refractivity contribution >= 4 is 11.5 Å². The van der Waals surface area contributed by atoms with Crippen LogP contribution < -0.4 is 14.8 Å². The minimum absolute atomic E-state index is 0.0797. The van der Waals surface area contributed by atoms with E-state index >= 15 is 0 Å². The van der Waals surface area contributed by atoms with Gasteiger partial charge in [0.15, 0.2) is 5.78 Å². The summed E-state index contributed by atoms with van der Waals surface area (Å²) < 4.78 is 10.5. The predicted molar refractivity (Wildman–Crippen MR) is 109 cm³/mol. The molecule has 0 spiro atoms. The molecule has 0 unspecified atom stereocenters. The summed E-state index contributed by atoms with van der Waals surface area (Å²) in [5.74, 6) is 1.29. The Hall–Kier alpha value is -3.53. The largest absolute Gasteiger partial charge is 0.497 e. The van der Waals surface area contributed by atoms with E-state index in [1.807, 2.05) is 66.7 Å². The highest BCUT2D eigenvalue weighted by molar-refractivity contribution is 6.04. The third-order valence-corrected chi connectivity index (χ3v) is 4.16. The van der Waals surface area contributed by atoms with Crippen LogP contribution in [0.3, 0.4) is 0 Å². The normalized spacial score (nSPS) is 10.6. The topological polar surface area (TPSA) is 47.6 Å². The fourth-order valence-corrected chi connectivity index (χ4v) is 2.69. The molecule has 0 radical (unpaired) electrons. The van der Waals surface area contributed by atoms with Gasteiger partial charge in [-0.25, -0.2) is 0 Å². The summed E-state index contributed by atoms with van der Waals surface area (Å²) in [6.45, 7) is 0. The van der Waals surface area contributed by atoms with Gasteiger partial charge in [-0.15, -0.1) is 0 Å². The van der Waals surface area contributed by atoms with Gasteiger partial charge >= 0.3 is 0 Å². The van der Waals surface area contributed by atoms with Crippen LogP contribution in [0.5, 0.6) is 11.5 Å². The molecule has 0 heterocycles. The monoisotopic (exact) mass is 359 g/mol. The molecule has 3 aromatic carbocycles. The van der Waals surface area contributed by atoms with Crippen molar-refractivity contribution in [3.63, 3.8) is 0 Å². The lowest BCUT2D eigenvalue weighted by Gasteiger charge is -2.09. The van der Waals surface area contributed by atoms with Gasteiger partial charge in [0.25, 0.3) is 0 Å². The molecule has 0 aliphatic rings. The lowest BCUT2D eigenvalue weighted by Crippen LogP contribution is -1.98. The van der Waals surface area contributed by atoms with Gasteiger partial charge in [-0.3, -0.25) is 4.79 Å². The summed E-state index contributed by atoms with van der Waals surface area (Å²) in [5.41, 5.74) is 3.56. The zero-order chi connectivity index (χ0) is 19.1. The minimum Gasteiger partial charge on any atom is -0.497 e. The Morgan fingerprint density at radius 1 is 0.852 bits per heavy atom. The van der Waals surface area contributed by atoms with Gasteiger partial charge in [0, 0.05) is 23.9 Å². The van der Waals surface area contributed by atoms with Crippen molar-refractivity contribution in [3.05, 3.63) is 90.6 Å². The smallest absolute Gasteiger partial charge is 0.187 e. The van der Waals surface area contributed by atoms with E-state index in [1.165, 1.54) is 6.08 Å². The van der Waals surface area contributed by atoms with Crippen molar-refractivity contribution in [2.45, 2.75) is 0 Å². The molecule has 0 aromatic heterocycles. The van der Waals surface area contributed by atoms with E-state index in [9.17, 15) is 4.79 Å². The van der Waals surface area contributed by atoms with E-state index in [2.05, 4.69) is 5.32 Å². The number of ketones is 1. The molecular formula is C23H21NO3. The van der Waals surface area contributed by atoms with Crippen LogP contribution >= 0.6 is 0 Å². The second kappa shape index (κ2) is 8.72. The van der Waals surface area contributed by atoms with Crippen molar-refractivity contribution in [2.24, 2.45) is 0 Å². The van der Waals surface area contributed by atoms with Crippen LogP contribution in [-0.2, 0) is 0 Å². The highest BCUT2D eigenvalue weighted by Crippen LogP contribution is 2.28. The summed E-state index contributed by atoms with van der Waals surface area (Å²) in [6, 6.07) is 23.1. The average molecular weight is 359 g/mol. The minimum atomic E-state index is -0.0797.